The maximum atomic E-state index is 6.23. The lowest BCUT2D eigenvalue weighted by Gasteiger charge is -2.41. The van der Waals surface area contributed by atoms with Crippen LogP contribution < -0.4 is 5.73 Å². The largest absolute Gasteiger partial charge is 0.326 e. The number of piperidine rings is 1. The van der Waals surface area contributed by atoms with Crippen LogP contribution in [0.1, 0.15) is 31.4 Å². The van der Waals surface area contributed by atoms with Gasteiger partial charge in [0.2, 0.25) is 0 Å². The van der Waals surface area contributed by atoms with Crippen LogP contribution in [-0.4, -0.2) is 49.1 Å². The molecular formula is C14H25N3S. The summed E-state index contributed by atoms with van der Waals surface area (Å²) in [4.78, 5) is 4.92. The van der Waals surface area contributed by atoms with Gasteiger partial charge >= 0.3 is 0 Å². The summed E-state index contributed by atoms with van der Waals surface area (Å²) in [7, 11) is 4.36. The molecule has 18 heavy (non-hydrogen) atoms. The SMILES string of the molecule is CC(N)C(c1ccsc1)N1CCCC(N(C)C)C1. The van der Waals surface area contributed by atoms with E-state index in [2.05, 4.69) is 47.6 Å². The van der Waals surface area contributed by atoms with E-state index in [1.165, 1.54) is 24.9 Å². The van der Waals surface area contributed by atoms with E-state index in [1.807, 2.05) is 0 Å². The van der Waals surface area contributed by atoms with E-state index in [1.54, 1.807) is 11.3 Å². The number of likely N-dealkylation sites (N-methyl/N-ethyl adjacent to an activating group) is 1. The second-order valence-corrected chi connectivity index (χ2v) is 6.40. The lowest BCUT2D eigenvalue weighted by Crippen LogP contribution is -2.49. The molecule has 4 heteroatoms. The molecule has 3 unspecified atom stereocenters. The Morgan fingerprint density at radius 2 is 2.28 bits per heavy atom. The van der Waals surface area contributed by atoms with Crippen molar-refractivity contribution in [3.05, 3.63) is 22.4 Å². The molecule has 0 amide bonds. The standard InChI is InChI=1S/C14H25N3S/c1-11(15)14(12-6-8-18-10-12)17-7-4-5-13(9-17)16(2)3/h6,8,10-11,13-14H,4-5,7,9,15H2,1-3H3. The zero-order valence-corrected chi connectivity index (χ0v) is 12.5. The fraction of sp³-hybridized carbons (Fsp3) is 0.714. The normalized spacial score (nSPS) is 25.3. The molecule has 102 valence electrons. The number of hydrogen-bond acceptors (Lipinski definition) is 4. The first-order valence-electron chi connectivity index (χ1n) is 6.77. The fourth-order valence-corrected chi connectivity index (χ4v) is 3.64. The zero-order valence-electron chi connectivity index (χ0n) is 11.7. The van der Waals surface area contributed by atoms with Crippen molar-refractivity contribution in [2.45, 2.75) is 37.9 Å². The molecule has 0 saturated carbocycles. The van der Waals surface area contributed by atoms with Crippen molar-refractivity contribution in [3.8, 4) is 0 Å². The smallest absolute Gasteiger partial charge is 0.0505 e. The Morgan fingerprint density at radius 3 is 2.83 bits per heavy atom. The molecule has 0 aromatic carbocycles. The summed E-state index contributed by atoms with van der Waals surface area (Å²) >= 11 is 1.76. The average molecular weight is 267 g/mol. The van der Waals surface area contributed by atoms with Gasteiger partial charge in [-0.05, 0) is 62.8 Å². The zero-order chi connectivity index (χ0) is 13.1. The van der Waals surface area contributed by atoms with Gasteiger partial charge in [0.1, 0.15) is 0 Å². The van der Waals surface area contributed by atoms with E-state index in [4.69, 9.17) is 5.73 Å². The molecule has 2 N–H and O–H groups in total. The summed E-state index contributed by atoms with van der Waals surface area (Å²) in [5, 5.41) is 4.39. The lowest BCUT2D eigenvalue weighted by molar-refractivity contribution is 0.0866. The van der Waals surface area contributed by atoms with Crippen molar-refractivity contribution < 1.29 is 0 Å². The highest BCUT2D eigenvalue weighted by molar-refractivity contribution is 7.07. The Morgan fingerprint density at radius 1 is 1.50 bits per heavy atom. The third-order valence-corrected chi connectivity index (χ3v) is 4.64. The van der Waals surface area contributed by atoms with Crippen molar-refractivity contribution in [3.63, 3.8) is 0 Å². The predicted octanol–water partition coefficient (Wildman–Crippen LogP) is 2.16. The van der Waals surface area contributed by atoms with Gasteiger partial charge in [0.05, 0.1) is 6.04 Å². The Hall–Kier alpha value is -0.420. The van der Waals surface area contributed by atoms with Gasteiger partial charge in [-0.2, -0.15) is 11.3 Å². The van der Waals surface area contributed by atoms with Crippen LogP contribution in [0, 0.1) is 0 Å². The van der Waals surface area contributed by atoms with E-state index in [0.717, 1.165) is 6.54 Å². The average Bonchev–Trinajstić information content (AvgIpc) is 2.82. The van der Waals surface area contributed by atoms with Gasteiger partial charge in [-0.3, -0.25) is 4.90 Å². The van der Waals surface area contributed by atoms with Crippen LogP contribution in [0.4, 0.5) is 0 Å². The number of nitrogens with two attached hydrogens (primary N) is 1. The minimum atomic E-state index is 0.181. The van der Waals surface area contributed by atoms with Gasteiger partial charge in [0.25, 0.3) is 0 Å². The molecule has 3 nitrogen and oxygen atoms in total. The molecule has 0 spiro atoms. The molecule has 1 aliphatic rings. The molecule has 2 rings (SSSR count). The van der Waals surface area contributed by atoms with Crippen molar-refractivity contribution in [2.75, 3.05) is 27.2 Å². The topological polar surface area (TPSA) is 32.5 Å². The molecule has 3 atom stereocenters. The number of thiophene rings is 1. The lowest BCUT2D eigenvalue weighted by atomic mass is 9.97. The molecule has 1 aliphatic heterocycles. The van der Waals surface area contributed by atoms with E-state index in [0.29, 0.717) is 12.1 Å². The van der Waals surface area contributed by atoms with Crippen molar-refractivity contribution in [2.24, 2.45) is 5.73 Å². The van der Waals surface area contributed by atoms with Crippen LogP contribution >= 0.6 is 11.3 Å². The van der Waals surface area contributed by atoms with E-state index < -0.39 is 0 Å². The molecule has 1 aromatic heterocycles. The van der Waals surface area contributed by atoms with E-state index in [-0.39, 0.29) is 6.04 Å². The van der Waals surface area contributed by atoms with Crippen molar-refractivity contribution in [1.82, 2.24) is 9.80 Å². The highest BCUT2D eigenvalue weighted by Gasteiger charge is 2.29. The predicted molar refractivity (Wildman–Crippen MR) is 79.0 cm³/mol. The molecular weight excluding hydrogens is 242 g/mol. The first-order chi connectivity index (χ1) is 8.59. The second kappa shape index (κ2) is 6.15. The molecule has 0 bridgehead atoms. The van der Waals surface area contributed by atoms with Crippen LogP contribution in [-0.2, 0) is 0 Å². The third-order valence-electron chi connectivity index (χ3n) is 3.93. The fourth-order valence-electron chi connectivity index (χ4n) is 2.95. The van der Waals surface area contributed by atoms with Gasteiger partial charge in [-0.25, -0.2) is 0 Å². The van der Waals surface area contributed by atoms with Gasteiger partial charge in [-0.1, -0.05) is 0 Å². The second-order valence-electron chi connectivity index (χ2n) is 5.62. The number of likely N-dealkylation sites (tertiary alicyclic amines) is 1. The highest BCUT2D eigenvalue weighted by Crippen LogP contribution is 2.29. The number of rotatable bonds is 4. The maximum Gasteiger partial charge on any atom is 0.0505 e. The molecule has 1 saturated heterocycles. The van der Waals surface area contributed by atoms with Crippen LogP contribution in [0.5, 0.6) is 0 Å². The number of nitrogens with zero attached hydrogens (tertiary/aromatic N) is 2. The van der Waals surface area contributed by atoms with Crippen LogP contribution in [0.15, 0.2) is 16.8 Å². The summed E-state index contributed by atoms with van der Waals surface area (Å²) < 4.78 is 0. The van der Waals surface area contributed by atoms with Crippen molar-refractivity contribution in [1.29, 1.82) is 0 Å². The van der Waals surface area contributed by atoms with Crippen LogP contribution in [0.3, 0.4) is 0 Å². The Labute approximate surface area is 115 Å². The Balaban J connectivity index is 2.11. The summed E-state index contributed by atoms with van der Waals surface area (Å²) in [6.07, 6.45) is 2.58. The summed E-state index contributed by atoms with van der Waals surface area (Å²) in [6.45, 7) is 4.43. The molecule has 2 heterocycles. The van der Waals surface area contributed by atoms with Gasteiger partial charge in [-0.15, -0.1) is 0 Å². The van der Waals surface area contributed by atoms with Crippen LogP contribution in [0.25, 0.3) is 0 Å². The van der Waals surface area contributed by atoms with Crippen LogP contribution in [0.2, 0.25) is 0 Å². The van der Waals surface area contributed by atoms with Gasteiger partial charge in [0, 0.05) is 18.6 Å². The van der Waals surface area contributed by atoms with E-state index >= 15 is 0 Å². The molecule has 1 fully saturated rings. The highest BCUT2D eigenvalue weighted by atomic mass is 32.1. The quantitative estimate of drug-likeness (QED) is 0.907. The first-order valence-corrected chi connectivity index (χ1v) is 7.72. The maximum absolute atomic E-state index is 6.23. The monoisotopic (exact) mass is 267 g/mol. The molecule has 1 aromatic rings. The van der Waals surface area contributed by atoms with Gasteiger partial charge < -0.3 is 10.6 Å². The van der Waals surface area contributed by atoms with E-state index in [9.17, 15) is 0 Å². The van der Waals surface area contributed by atoms with Crippen molar-refractivity contribution >= 4 is 11.3 Å². The minimum absolute atomic E-state index is 0.181. The summed E-state index contributed by atoms with van der Waals surface area (Å²) in [5.41, 5.74) is 7.61. The van der Waals surface area contributed by atoms with Gasteiger partial charge in [0.15, 0.2) is 0 Å². The molecule has 0 radical (unpaired) electrons. The summed E-state index contributed by atoms with van der Waals surface area (Å²) in [5.74, 6) is 0. The Bertz CT molecular complexity index is 348. The minimum Gasteiger partial charge on any atom is -0.326 e. The Kier molecular flexibility index (Phi) is 4.78. The first kappa shape index (κ1) is 14.0. The molecule has 0 aliphatic carbocycles. The third kappa shape index (κ3) is 3.12. The number of hydrogen-bond donors (Lipinski definition) is 1. The summed E-state index contributed by atoms with van der Waals surface area (Å²) in [6, 6.07) is 3.44.